The maximum Gasteiger partial charge on any atom is 0.0670 e. The lowest BCUT2D eigenvalue weighted by molar-refractivity contribution is 1.26. The Labute approximate surface area is 87.6 Å². The van der Waals surface area contributed by atoms with Crippen molar-refractivity contribution >= 4 is 37.5 Å². The molecule has 1 rings (SSSR count). The quantitative estimate of drug-likeness (QED) is 0.808. The number of nitriles is 1. The molecule has 12 heavy (non-hydrogen) atoms. The van der Waals surface area contributed by atoms with Gasteiger partial charge < -0.3 is 5.73 Å². The fraction of sp³-hybridized carbons (Fsp3) is 0.125. The van der Waals surface area contributed by atoms with Crippen molar-refractivity contribution in [3.05, 3.63) is 26.6 Å². The number of halogens is 2. The molecular weight excluding hydrogens is 284 g/mol. The van der Waals surface area contributed by atoms with Crippen molar-refractivity contribution in [3.8, 4) is 6.07 Å². The van der Waals surface area contributed by atoms with Gasteiger partial charge in [0.1, 0.15) is 0 Å². The molecule has 0 heterocycles. The van der Waals surface area contributed by atoms with Gasteiger partial charge in [-0.1, -0.05) is 6.07 Å². The first-order chi connectivity index (χ1) is 5.66. The van der Waals surface area contributed by atoms with Crippen LogP contribution in [0, 0.1) is 11.3 Å². The molecular formula is C8H6Br2N2. The smallest absolute Gasteiger partial charge is 0.0670 e. The van der Waals surface area contributed by atoms with Crippen LogP contribution in [0.2, 0.25) is 0 Å². The van der Waals surface area contributed by atoms with Crippen molar-refractivity contribution in [2.75, 3.05) is 5.73 Å². The van der Waals surface area contributed by atoms with Gasteiger partial charge in [0, 0.05) is 4.47 Å². The van der Waals surface area contributed by atoms with Gasteiger partial charge in [0.25, 0.3) is 0 Å². The summed E-state index contributed by atoms with van der Waals surface area (Å²) in [5.74, 6) is 0. The van der Waals surface area contributed by atoms with Crippen molar-refractivity contribution < 1.29 is 0 Å². The summed E-state index contributed by atoms with van der Waals surface area (Å²) in [4.78, 5) is 0. The van der Waals surface area contributed by atoms with E-state index in [2.05, 4.69) is 37.9 Å². The maximum atomic E-state index is 8.47. The van der Waals surface area contributed by atoms with Crippen molar-refractivity contribution in [2.24, 2.45) is 0 Å². The fourth-order valence-corrected chi connectivity index (χ4v) is 1.58. The van der Waals surface area contributed by atoms with E-state index in [0.717, 1.165) is 14.5 Å². The lowest BCUT2D eigenvalue weighted by Crippen LogP contribution is -1.94. The Morgan fingerprint density at radius 1 is 1.42 bits per heavy atom. The van der Waals surface area contributed by atoms with Gasteiger partial charge >= 0.3 is 0 Å². The van der Waals surface area contributed by atoms with Crippen LogP contribution in [0.15, 0.2) is 21.1 Å². The normalized spacial score (nSPS) is 9.42. The highest BCUT2D eigenvalue weighted by atomic mass is 79.9. The summed E-state index contributed by atoms with van der Waals surface area (Å²) in [7, 11) is 0. The number of nitrogens with zero attached hydrogens (tertiary/aromatic N) is 1. The monoisotopic (exact) mass is 288 g/mol. The highest BCUT2D eigenvalue weighted by Gasteiger charge is 2.05. The van der Waals surface area contributed by atoms with Crippen LogP contribution in [0.4, 0.5) is 5.69 Å². The van der Waals surface area contributed by atoms with E-state index in [1.54, 1.807) is 0 Å². The van der Waals surface area contributed by atoms with Gasteiger partial charge in [-0.2, -0.15) is 5.26 Å². The average Bonchev–Trinajstić information content (AvgIpc) is 2.07. The molecule has 0 saturated heterocycles. The molecule has 4 heteroatoms. The van der Waals surface area contributed by atoms with Crippen molar-refractivity contribution in [1.29, 1.82) is 5.26 Å². The van der Waals surface area contributed by atoms with E-state index in [1.807, 2.05) is 12.1 Å². The Kier molecular flexibility index (Phi) is 3.12. The summed E-state index contributed by atoms with van der Waals surface area (Å²) in [6, 6.07) is 5.76. The third-order valence-electron chi connectivity index (χ3n) is 1.49. The summed E-state index contributed by atoms with van der Waals surface area (Å²) < 4.78 is 1.72. The van der Waals surface area contributed by atoms with Crippen LogP contribution in [0.25, 0.3) is 0 Å². The van der Waals surface area contributed by atoms with Crippen molar-refractivity contribution in [1.82, 2.24) is 0 Å². The van der Waals surface area contributed by atoms with E-state index in [-0.39, 0.29) is 0 Å². The van der Waals surface area contributed by atoms with Gasteiger partial charge in [0.05, 0.1) is 22.7 Å². The van der Waals surface area contributed by atoms with Gasteiger partial charge in [0.2, 0.25) is 0 Å². The summed E-state index contributed by atoms with van der Waals surface area (Å²) in [6.45, 7) is 0. The molecule has 0 bridgehead atoms. The fourth-order valence-electron chi connectivity index (χ4n) is 0.846. The number of hydrogen-bond acceptors (Lipinski definition) is 2. The second kappa shape index (κ2) is 3.92. The Morgan fingerprint density at radius 2 is 2.08 bits per heavy atom. The zero-order valence-electron chi connectivity index (χ0n) is 6.14. The first-order valence-corrected chi connectivity index (χ1v) is 4.84. The SMILES string of the molecule is N#CCc1ccc(Br)c(Br)c1N. The molecule has 2 nitrogen and oxygen atoms in total. The molecule has 0 atom stereocenters. The second-order valence-electron chi connectivity index (χ2n) is 2.27. The predicted octanol–water partition coefficient (Wildman–Crippen LogP) is 2.86. The number of nitrogens with two attached hydrogens (primary N) is 1. The van der Waals surface area contributed by atoms with Crippen molar-refractivity contribution in [2.45, 2.75) is 6.42 Å². The van der Waals surface area contributed by atoms with Gasteiger partial charge in [-0.15, -0.1) is 0 Å². The molecule has 0 saturated carbocycles. The lowest BCUT2D eigenvalue weighted by Gasteiger charge is -2.04. The lowest BCUT2D eigenvalue weighted by atomic mass is 10.1. The van der Waals surface area contributed by atoms with Crippen LogP contribution in [0.1, 0.15) is 5.56 Å². The number of anilines is 1. The van der Waals surface area contributed by atoms with Crippen LogP contribution >= 0.6 is 31.9 Å². The van der Waals surface area contributed by atoms with Crippen molar-refractivity contribution in [3.63, 3.8) is 0 Å². The molecule has 0 amide bonds. The zero-order valence-corrected chi connectivity index (χ0v) is 9.31. The summed E-state index contributed by atoms with van der Waals surface area (Å²) in [5, 5.41) is 8.47. The van der Waals surface area contributed by atoms with Gasteiger partial charge in [0.15, 0.2) is 0 Å². The van der Waals surface area contributed by atoms with Crippen LogP contribution in [-0.4, -0.2) is 0 Å². The Bertz CT molecular complexity index is 342. The summed E-state index contributed by atoms with van der Waals surface area (Å²) in [6.07, 6.45) is 0.345. The maximum absolute atomic E-state index is 8.47. The van der Waals surface area contributed by atoms with E-state index in [9.17, 15) is 0 Å². The third kappa shape index (κ3) is 1.79. The number of rotatable bonds is 1. The zero-order chi connectivity index (χ0) is 9.14. The summed E-state index contributed by atoms with van der Waals surface area (Å²) >= 11 is 6.64. The molecule has 0 aliphatic carbocycles. The van der Waals surface area contributed by atoms with E-state index in [1.165, 1.54) is 0 Å². The minimum atomic E-state index is 0.345. The number of nitrogen functional groups attached to an aromatic ring is 1. The highest BCUT2D eigenvalue weighted by Crippen LogP contribution is 2.31. The molecule has 1 aromatic carbocycles. The van der Waals surface area contributed by atoms with Crippen LogP contribution < -0.4 is 5.73 Å². The van der Waals surface area contributed by atoms with Crippen LogP contribution in [0.5, 0.6) is 0 Å². The molecule has 2 N–H and O–H groups in total. The molecule has 0 spiro atoms. The minimum Gasteiger partial charge on any atom is -0.398 e. The third-order valence-corrected chi connectivity index (χ3v) is 3.54. The predicted molar refractivity (Wildman–Crippen MR) is 55.6 cm³/mol. The van der Waals surface area contributed by atoms with Gasteiger partial charge in [-0.05, 0) is 43.5 Å². The molecule has 0 aliphatic heterocycles. The van der Waals surface area contributed by atoms with E-state index in [0.29, 0.717) is 12.1 Å². The molecule has 0 unspecified atom stereocenters. The molecule has 0 aliphatic rings. The first-order valence-electron chi connectivity index (χ1n) is 3.26. The van der Waals surface area contributed by atoms with Crippen LogP contribution in [0.3, 0.4) is 0 Å². The van der Waals surface area contributed by atoms with E-state index < -0.39 is 0 Å². The summed E-state index contributed by atoms with van der Waals surface area (Å²) in [5.41, 5.74) is 7.23. The molecule has 1 aromatic rings. The van der Waals surface area contributed by atoms with Crippen LogP contribution in [-0.2, 0) is 6.42 Å². The van der Waals surface area contributed by atoms with Gasteiger partial charge in [-0.3, -0.25) is 0 Å². The minimum absolute atomic E-state index is 0.345. The number of benzene rings is 1. The molecule has 0 aromatic heterocycles. The Hall–Kier alpha value is -0.530. The average molecular weight is 290 g/mol. The first kappa shape index (κ1) is 9.56. The molecule has 0 radical (unpaired) electrons. The Balaban J connectivity index is 3.19. The number of hydrogen-bond donors (Lipinski definition) is 1. The Morgan fingerprint density at radius 3 is 2.67 bits per heavy atom. The molecule has 62 valence electrons. The molecule has 0 fully saturated rings. The van der Waals surface area contributed by atoms with E-state index >= 15 is 0 Å². The second-order valence-corrected chi connectivity index (χ2v) is 3.92. The standard InChI is InChI=1S/C8H6Br2N2/c9-6-2-1-5(3-4-11)8(12)7(6)10/h1-2H,3,12H2. The van der Waals surface area contributed by atoms with E-state index in [4.69, 9.17) is 11.0 Å². The largest absolute Gasteiger partial charge is 0.398 e. The topological polar surface area (TPSA) is 49.8 Å². The van der Waals surface area contributed by atoms with Gasteiger partial charge in [-0.25, -0.2) is 0 Å². The highest BCUT2D eigenvalue weighted by molar-refractivity contribution is 9.13.